The maximum Gasteiger partial charge on any atom is 0.136 e. The minimum Gasteiger partial charge on any atom is -0.456 e. The van der Waals surface area contributed by atoms with Crippen LogP contribution in [0.2, 0.25) is 0 Å². The molecule has 0 radical (unpaired) electrons. The van der Waals surface area contributed by atoms with Gasteiger partial charge >= 0.3 is 0 Å². The van der Waals surface area contributed by atoms with Gasteiger partial charge in [0.05, 0.1) is 17.0 Å². The van der Waals surface area contributed by atoms with Gasteiger partial charge in [0, 0.05) is 34.3 Å². The fraction of sp³-hybridized carbons (Fsp3) is 0. The molecule has 144 valence electrons. The molecule has 4 heteroatoms. The molecule has 0 unspecified atom stereocenters. The number of furan rings is 1. The molecule has 0 fully saturated rings. The van der Waals surface area contributed by atoms with Crippen molar-refractivity contribution >= 4 is 32.7 Å². The molecule has 0 atom stereocenters. The van der Waals surface area contributed by atoms with Crippen molar-refractivity contribution in [3.8, 4) is 28.6 Å². The van der Waals surface area contributed by atoms with Crippen molar-refractivity contribution in [2.24, 2.45) is 0 Å². The number of rotatable bonds is 2. The van der Waals surface area contributed by atoms with Crippen LogP contribution in [-0.4, -0.2) is 9.97 Å². The fourth-order valence-corrected chi connectivity index (χ4v) is 4.10. The van der Waals surface area contributed by atoms with E-state index in [0.29, 0.717) is 5.56 Å². The molecule has 0 N–H and O–H groups in total. The molecular formula is C27H15N3O. The first kappa shape index (κ1) is 17.4. The van der Waals surface area contributed by atoms with Gasteiger partial charge in [-0.05, 0) is 53.2 Å². The fourth-order valence-electron chi connectivity index (χ4n) is 4.10. The highest BCUT2D eigenvalue weighted by atomic mass is 16.3. The molecule has 6 rings (SSSR count). The maximum absolute atomic E-state index is 9.16. The SMILES string of the molecule is N#Cc1cncc(-c2cccc(-c3ccc4oc5ccc6ccccc6c5c4c3)n2)c1. The lowest BCUT2D eigenvalue weighted by Gasteiger charge is -2.06. The monoisotopic (exact) mass is 397 g/mol. The van der Waals surface area contributed by atoms with Gasteiger partial charge in [0.2, 0.25) is 0 Å². The Labute approximate surface area is 178 Å². The van der Waals surface area contributed by atoms with E-state index in [2.05, 4.69) is 41.4 Å². The first-order valence-corrected chi connectivity index (χ1v) is 9.97. The first-order chi connectivity index (χ1) is 15.3. The minimum atomic E-state index is 0.517. The van der Waals surface area contributed by atoms with E-state index in [1.54, 1.807) is 18.5 Å². The van der Waals surface area contributed by atoms with Crippen LogP contribution in [0.3, 0.4) is 0 Å². The highest BCUT2D eigenvalue weighted by Crippen LogP contribution is 2.36. The summed E-state index contributed by atoms with van der Waals surface area (Å²) in [5.41, 5.74) is 5.73. The number of nitriles is 1. The van der Waals surface area contributed by atoms with Crippen LogP contribution in [0.1, 0.15) is 5.56 Å². The van der Waals surface area contributed by atoms with Crippen LogP contribution >= 0.6 is 0 Å². The van der Waals surface area contributed by atoms with Crippen molar-refractivity contribution in [2.75, 3.05) is 0 Å². The molecule has 0 spiro atoms. The second-order valence-electron chi connectivity index (χ2n) is 7.45. The maximum atomic E-state index is 9.16. The van der Waals surface area contributed by atoms with Gasteiger partial charge in [-0.25, -0.2) is 4.98 Å². The topological polar surface area (TPSA) is 62.7 Å². The van der Waals surface area contributed by atoms with E-state index >= 15 is 0 Å². The molecule has 3 heterocycles. The van der Waals surface area contributed by atoms with Crippen LogP contribution in [-0.2, 0) is 0 Å². The predicted molar refractivity (Wildman–Crippen MR) is 122 cm³/mol. The number of fused-ring (bicyclic) bond motifs is 5. The van der Waals surface area contributed by atoms with Crippen molar-refractivity contribution in [1.82, 2.24) is 9.97 Å². The van der Waals surface area contributed by atoms with Crippen molar-refractivity contribution in [3.63, 3.8) is 0 Å². The Morgan fingerprint density at radius 3 is 2.45 bits per heavy atom. The summed E-state index contributed by atoms with van der Waals surface area (Å²) in [6, 6.07) is 28.5. The summed E-state index contributed by atoms with van der Waals surface area (Å²) in [4.78, 5) is 9.00. The third-order valence-corrected chi connectivity index (χ3v) is 5.57. The van der Waals surface area contributed by atoms with Crippen molar-refractivity contribution < 1.29 is 4.42 Å². The van der Waals surface area contributed by atoms with Gasteiger partial charge in [0.15, 0.2) is 0 Å². The van der Waals surface area contributed by atoms with Crippen LogP contribution in [0.25, 0.3) is 55.2 Å². The van der Waals surface area contributed by atoms with E-state index in [9.17, 15) is 0 Å². The summed E-state index contributed by atoms with van der Waals surface area (Å²) in [6.07, 6.45) is 3.28. The summed E-state index contributed by atoms with van der Waals surface area (Å²) in [5.74, 6) is 0. The van der Waals surface area contributed by atoms with Gasteiger partial charge in [0.25, 0.3) is 0 Å². The van der Waals surface area contributed by atoms with Gasteiger partial charge in [-0.3, -0.25) is 4.98 Å². The molecule has 3 aromatic heterocycles. The average molecular weight is 397 g/mol. The Kier molecular flexibility index (Phi) is 3.81. The molecule has 0 saturated carbocycles. The second-order valence-corrected chi connectivity index (χ2v) is 7.45. The van der Waals surface area contributed by atoms with E-state index in [-0.39, 0.29) is 0 Å². The van der Waals surface area contributed by atoms with Gasteiger partial charge in [-0.1, -0.05) is 36.4 Å². The molecular weight excluding hydrogens is 382 g/mol. The van der Waals surface area contributed by atoms with E-state index in [1.807, 2.05) is 42.5 Å². The summed E-state index contributed by atoms with van der Waals surface area (Å²) in [6.45, 7) is 0. The molecule has 0 saturated heterocycles. The standard InChI is InChI=1S/C27H15N3O/c28-14-17-12-20(16-29-15-17)24-7-3-6-23(30-24)19-9-10-25-22(13-19)27-21-5-2-1-4-18(21)8-11-26(27)31-25/h1-13,15-16H. The highest BCUT2D eigenvalue weighted by Gasteiger charge is 2.12. The third-order valence-electron chi connectivity index (χ3n) is 5.57. The zero-order chi connectivity index (χ0) is 20.8. The normalized spacial score (nSPS) is 11.2. The van der Waals surface area contributed by atoms with E-state index < -0.39 is 0 Å². The lowest BCUT2D eigenvalue weighted by atomic mass is 10.0. The lowest BCUT2D eigenvalue weighted by molar-refractivity contribution is 0.669. The smallest absolute Gasteiger partial charge is 0.136 e. The Morgan fingerprint density at radius 1 is 0.710 bits per heavy atom. The zero-order valence-electron chi connectivity index (χ0n) is 16.4. The first-order valence-electron chi connectivity index (χ1n) is 9.97. The highest BCUT2D eigenvalue weighted by molar-refractivity contribution is 6.19. The summed E-state index contributed by atoms with van der Waals surface area (Å²) in [7, 11) is 0. The quantitative estimate of drug-likeness (QED) is 0.325. The number of hydrogen-bond donors (Lipinski definition) is 0. The summed E-state index contributed by atoms with van der Waals surface area (Å²) < 4.78 is 6.11. The van der Waals surface area contributed by atoms with E-state index in [4.69, 9.17) is 14.7 Å². The van der Waals surface area contributed by atoms with E-state index in [0.717, 1.165) is 44.5 Å². The van der Waals surface area contributed by atoms with Crippen LogP contribution in [0.4, 0.5) is 0 Å². The number of hydrogen-bond acceptors (Lipinski definition) is 4. The van der Waals surface area contributed by atoms with Gasteiger partial charge in [-0.2, -0.15) is 5.26 Å². The Bertz CT molecular complexity index is 1660. The molecule has 0 bridgehead atoms. The minimum absolute atomic E-state index is 0.517. The molecule has 0 aliphatic rings. The van der Waals surface area contributed by atoms with Gasteiger partial charge < -0.3 is 4.42 Å². The predicted octanol–water partition coefficient (Wildman–Crippen LogP) is 6.73. The van der Waals surface area contributed by atoms with Crippen LogP contribution < -0.4 is 0 Å². The van der Waals surface area contributed by atoms with Gasteiger partial charge in [0.1, 0.15) is 17.2 Å². The number of benzene rings is 3. The Hall–Kier alpha value is -4.49. The zero-order valence-corrected chi connectivity index (χ0v) is 16.4. The molecule has 3 aromatic carbocycles. The largest absolute Gasteiger partial charge is 0.456 e. The van der Waals surface area contributed by atoms with Crippen LogP contribution in [0.5, 0.6) is 0 Å². The second kappa shape index (κ2) is 6.79. The Morgan fingerprint density at radius 2 is 1.55 bits per heavy atom. The summed E-state index contributed by atoms with van der Waals surface area (Å²) in [5, 5.41) is 13.7. The number of pyridine rings is 2. The molecule has 6 aromatic rings. The third kappa shape index (κ3) is 2.84. The lowest BCUT2D eigenvalue weighted by Crippen LogP contribution is -1.89. The molecule has 0 aliphatic carbocycles. The van der Waals surface area contributed by atoms with Crippen LogP contribution in [0.15, 0.2) is 95.7 Å². The van der Waals surface area contributed by atoms with Crippen molar-refractivity contribution in [3.05, 3.63) is 96.8 Å². The molecule has 0 amide bonds. The summed E-state index contributed by atoms with van der Waals surface area (Å²) >= 11 is 0. The Balaban J connectivity index is 1.54. The molecule has 4 nitrogen and oxygen atoms in total. The number of nitrogens with zero attached hydrogens (tertiary/aromatic N) is 3. The van der Waals surface area contributed by atoms with Gasteiger partial charge in [-0.15, -0.1) is 0 Å². The molecule has 31 heavy (non-hydrogen) atoms. The number of aromatic nitrogens is 2. The van der Waals surface area contributed by atoms with E-state index in [1.165, 1.54) is 10.8 Å². The average Bonchev–Trinajstić information content (AvgIpc) is 3.22. The van der Waals surface area contributed by atoms with Crippen molar-refractivity contribution in [2.45, 2.75) is 0 Å². The van der Waals surface area contributed by atoms with Crippen molar-refractivity contribution in [1.29, 1.82) is 5.26 Å². The molecule has 0 aliphatic heterocycles. The van der Waals surface area contributed by atoms with Crippen LogP contribution in [0, 0.1) is 11.3 Å².